The van der Waals surface area contributed by atoms with Crippen LogP contribution in [-0.2, 0) is 32.6 Å². The minimum Gasteiger partial charge on any atom is -0.379 e. The molecule has 1 amide bonds. The third kappa shape index (κ3) is 4.79. The Morgan fingerprint density at radius 2 is 1.68 bits per heavy atom. The lowest BCUT2D eigenvalue weighted by atomic mass is 10.2. The molecule has 0 radical (unpaired) electrons. The standard InChI is InChI=1S/C24H30N4O5S/c1-3-11-27-21-6-4-5-7-22(21)28(24(27)30)12-10-23(29)25-20-17-19(9-8-18(20)2)34(31,32)26-13-15-33-16-14-26/h4-9,17H,3,10-16H2,1-2H3,(H,25,29). The number of benzene rings is 2. The number of aromatic nitrogens is 2. The minimum absolute atomic E-state index is 0.0833. The molecule has 3 aromatic rings. The van der Waals surface area contributed by atoms with Crippen LogP contribution in [0.15, 0.2) is 52.2 Å². The lowest BCUT2D eigenvalue weighted by molar-refractivity contribution is -0.116. The van der Waals surface area contributed by atoms with Crippen molar-refractivity contribution in [2.45, 2.75) is 44.7 Å². The van der Waals surface area contributed by atoms with Crippen LogP contribution in [0.25, 0.3) is 11.0 Å². The van der Waals surface area contributed by atoms with E-state index < -0.39 is 10.0 Å². The molecule has 4 rings (SSSR count). The molecule has 0 atom stereocenters. The number of aryl methyl sites for hydroxylation is 3. The largest absolute Gasteiger partial charge is 0.379 e. The molecule has 1 fully saturated rings. The van der Waals surface area contributed by atoms with E-state index in [1.165, 1.54) is 10.4 Å². The van der Waals surface area contributed by atoms with Crippen LogP contribution in [0.5, 0.6) is 0 Å². The van der Waals surface area contributed by atoms with E-state index in [0.29, 0.717) is 38.5 Å². The van der Waals surface area contributed by atoms with E-state index in [4.69, 9.17) is 4.74 Å². The van der Waals surface area contributed by atoms with Gasteiger partial charge in [-0.1, -0.05) is 25.1 Å². The number of amides is 1. The SMILES string of the molecule is CCCn1c(=O)n(CCC(=O)Nc2cc(S(=O)(=O)N3CCOCC3)ccc2C)c2ccccc21. The number of ether oxygens (including phenoxy) is 1. The highest BCUT2D eigenvalue weighted by Gasteiger charge is 2.27. The summed E-state index contributed by atoms with van der Waals surface area (Å²) in [5, 5.41) is 2.83. The topological polar surface area (TPSA) is 103 Å². The Morgan fingerprint density at radius 1 is 1.03 bits per heavy atom. The molecular formula is C24H30N4O5S. The van der Waals surface area contributed by atoms with Crippen molar-refractivity contribution in [1.82, 2.24) is 13.4 Å². The van der Waals surface area contributed by atoms with E-state index in [0.717, 1.165) is 23.0 Å². The monoisotopic (exact) mass is 486 g/mol. The summed E-state index contributed by atoms with van der Waals surface area (Å²) < 4.78 is 36.0. The zero-order chi connectivity index (χ0) is 24.3. The van der Waals surface area contributed by atoms with Crippen molar-refractivity contribution in [3.8, 4) is 0 Å². The summed E-state index contributed by atoms with van der Waals surface area (Å²) in [4.78, 5) is 25.8. The maximum absolute atomic E-state index is 13.0. The van der Waals surface area contributed by atoms with Crippen molar-refractivity contribution in [2.24, 2.45) is 0 Å². The molecule has 10 heteroatoms. The van der Waals surface area contributed by atoms with Gasteiger partial charge in [0.15, 0.2) is 0 Å². The highest BCUT2D eigenvalue weighted by Crippen LogP contribution is 2.24. The number of anilines is 1. The molecule has 0 unspecified atom stereocenters. The maximum atomic E-state index is 13.0. The molecular weight excluding hydrogens is 456 g/mol. The lowest BCUT2D eigenvalue weighted by Gasteiger charge is -2.26. The van der Waals surface area contributed by atoms with Crippen molar-refractivity contribution in [1.29, 1.82) is 0 Å². The van der Waals surface area contributed by atoms with Gasteiger partial charge >= 0.3 is 5.69 Å². The second kappa shape index (κ2) is 10.1. The van der Waals surface area contributed by atoms with E-state index in [1.807, 2.05) is 38.1 Å². The maximum Gasteiger partial charge on any atom is 0.329 e. The molecule has 2 aromatic carbocycles. The average Bonchev–Trinajstić information content (AvgIpc) is 3.10. The van der Waals surface area contributed by atoms with E-state index in [-0.39, 0.29) is 29.5 Å². The minimum atomic E-state index is -3.67. The van der Waals surface area contributed by atoms with E-state index in [9.17, 15) is 18.0 Å². The van der Waals surface area contributed by atoms with Crippen molar-refractivity contribution in [3.05, 3.63) is 58.5 Å². The zero-order valence-electron chi connectivity index (χ0n) is 19.5. The second-order valence-corrected chi connectivity index (χ2v) is 10.3. The van der Waals surface area contributed by atoms with Crippen molar-refractivity contribution >= 4 is 32.7 Å². The fraction of sp³-hybridized carbons (Fsp3) is 0.417. The molecule has 182 valence electrons. The van der Waals surface area contributed by atoms with Crippen LogP contribution in [0.2, 0.25) is 0 Å². The van der Waals surface area contributed by atoms with Crippen LogP contribution in [0.3, 0.4) is 0 Å². The highest BCUT2D eigenvalue weighted by molar-refractivity contribution is 7.89. The third-order valence-corrected chi connectivity index (χ3v) is 7.92. The first-order chi connectivity index (χ1) is 16.3. The number of imidazole rings is 1. The van der Waals surface area contributed by atoms with Gasteiger partial charge in [0.05, 0.1) is 29.1 Å². The molecule has 9 nitrogen and oxygen atoms in total. The molecule has 0 aliphatic carbocycles. The van der Waals surface area contributed by atoms with Crippen molar-refractivity contribution in [3.63, 3.8) is 0 Å². The van der Waals surface area contributed by atoms with E-state index in [2.05, 4.69) is 5.32 Å². The van der Waals surface area contributed by atoms with Crippen LogP contribution in [-0.4, -0.2) is 54.1 Å². The number of nitrogens with one attached hydrogen (secondary N) is 1. The van der Waals surface area contributed by atoms with E-state index in [1.54, 1.807) is 21.3 Å². The summed E-state index contributed by atoms with van der Waals surface area (Å²) in [7, 11) is -3.67. The molecule has 0 bridgehead atoms. The number of para-hydroxylation sites is 2. The van der Waals surface area contributed by atoms with Gasteiger partial charge in [0.1, 0.15) is 0 Å². The molecule has 1 N–H and O–H groups in total. The average molecular weight is 487 g/mol. The molecule has 34 heavy (non-hydrogen) atoms. The number of fused-ring (bicyclic) bond motifs is 1. The number of nitrogens with zero attached hydrogens (tertiary/aromatic N) is 3. The zero-order valence-corrected chi connectivity index (χ0v) is 20.3. The van der Waals surface area contributed by atoms with Gasteiger partial charge in [-0.05, 0) is 43.2 Å². The number of rotatable bonds is 8. The van der Waals surface area contributed by atoms with Crippen LogP contribution < -0.4 is 11.0 Å². The van der Waals surface area contributed by atoms with Crippen LogP contribution >= 0.6 is 0 Å². The number of sulfonamides is 1. The Balaban J connectivity index is 1.51. The van der Waals surface area contributed by atoms with Crippen molar-refractivity contribution in [2.75, 3.05) is 31.6 Å². The Bertz CT molecular complexity index is 1350. The van der Waals surface area contributed by atoms with Crippen LogP contribution in [0, 0.1) is 6.92 Å². The molecule has 2 heterocycles. The van der Waals surface area contributed by atoms with Crippen LogP contribution in [0.1, 0.15) is 25.3 Å². The Hall–Kier alpha value is -2.95. The summed E-state index contributed by atoms with van der Waals surface area (Å²) in [6.07, 6.45) is 0.914. The molecule has 0 saturated carbocycles. The van der Waals surface area contributed by atoms with Gasteiger partial charge in [-0.25, -0.2) is 13.2 Å². The number of carbonyl (C=O) groups is 1. The van der Waals surface area contributed by atoms with Gasteiger partial charge < -0.3 is 10.1 Å². The predicted octanol–water partition coefficient (Wildman–Crippen LogP) is 2.57. The predicted molar refractivity (Wildman–Crippen MR) is 130 cm³/mol. The third-order valence-electron chi connectivity index (χ3n) is 6.03. The molecule has 1 saturated heterocycles. The van der Waals surface area contributed by atoms with Gasteiger partial charge in [-0.15, -0.1) is 0 Å². The summed E-state index contributed by atoms with van der Waals surface area (Å²) >= 11 is 0. The van der Waals surface area contributed by atoms with Gasteiger partial charge in [0, 0.05) is 38.3 Å². The quantitative estimate of drug-likeness (QED) is 0.527. The van der Waals surface area contributed by atoms with Gasteiger partial charge in [0.25, 0.3) is 0 Å². The summed E-state index contributed by atoms with van der Waals surface area (Å²) in [5.74, 6) is -0.289. The molecule has 1 aliphatic heterocycles. The fourth-order valence-corrected chi connectivity index (χ4v) is 5.62. The van der Waals surface area contributed by atoms with Gasteiger partial charge in [0.2, 0.25) is 15.9 Å². The molecule has 1 aliphatic rings. The first kappa shape index (κ1) is 24.2. The van der Waals surface area contributed by atoms with E-state index >= 15 is 0 Å². The summed E-state index contributed by atoms with van der Waals surface area (Å²) in [6, 6.07) is 12.3. The first-order valence-corrected chi connectivity index (χ1v) is 12.9. The molecule has 1 aromatic heterocycles. The Morgan fingerprint density at radius 3 is 2.32 bits per heavy atom. The smallest absolute Gasteiger partial charge is 0.329 e. The van der Waals surface area contributed by atoms with Crippen molar-refractivity contribution < 1.29 is 17.9 Å². The van der Waals surface area contributed by atoms with Gasteiger partial charge in [-0.3, -0.25) is 13.9 Å². The highest BCUT2D eigenvalue weighted by atomic mass is 32.2. The lowest BCUT2D eigenvalue weighted by Crippen LogP contribution is -2.40. The normalized spacial score (nSPS) is 15.0. The number of carbonyl (C=O) groups excluding carboxylic acids is 1. The Labute approximate surface area is 199 Å². The second-order valence-electron chi connectivity index (χ2n) is 8.37. The number of hydrogen-bond acceptors (Lipinski definition) is 5. The fourth-order valence-electron chi connectivity index (χ4n) is 4.19. The molecule has 0 spiro atoms. The van der Waals surface area contributed by atoms with Crippen LogP contribution in [0.4, 0.5) is 5.69 Å². The van der Waals surface area contributed by atoms with Gasteiger partial charge in [-0.2, -0.15) is 4.31 Å². The first-order valence-electron chi connectivity index (χ1n) is 11.5. The number of morpholine rings is 1. The summed E-state index contributed by atoms with van der Waals surface area (Å²) in [6.45, 7) is 6.00. The number of hydrogen-bond donors (Lipinski definition) is 1. The summed E-state index contributed by atoms with van der Waals surface area (Å²) in [5.41, 5.74) is 2.71. The Kier molecular flexibility index (Phi) is 7.20.